The lowest BCUT2D eigenvalue weighted by Gasteiger charge is -2.01. The summed E-state index contributed by atoms with van der Waals surface area (Å²) in [6.45, 7) is 4.34. The average Bonchev–Trinajstić information content (AvgIpc) is 3.02. The number of benzene rings is 1. The fourth-order valence-corrected chi connectivity index (χ4v) is 1.97. The van der Waals surface area contributed by atoms with Gasteiger partial charge in [0.2, 0.25) is 0 Å². The van der Waals surface area contributed by atoms with Crippen molar-refractivity contribution in [3.8, 4) is 17.4 Å². The molecule has 23 heavy (non-hydrogen) atoms. The van der Waals surface area contributed by atoms with Crippen LogP contribution in [-0.2, 0) is 9.53 Å². The first-order valence-electron chi connectivity index (χ1n) is 7.60. The molecule has 4 heteroatoms. The van der Waals surface area contributed by atoms with Gasteiger partial charge in [-0.25, -0.2) is 4.79 Å². The van der Waals surface area contributed by atoms with Crippen LogP contribution in [0.1, 0.15) is 31.1 Å². The van der Waals surface area contributed by atoms with E-state index in [4.69, 9.17) is 14.4 Å². The van der Waals surface area contributed by atoms with Gasteiger partial charge in [-0.15, -0.1) is 0 Å². The zero-order chi connectivity index (χ0) is 16.7. The van der Waals surface area contributed by atoms with E-state index in [9.17, 15) is 4.79 Å². The molecule has 0 saturated carbocycles. The highest BCUT2D eigenvalue weighted by Crippen LogP contribution is 2.23. The van der Waals surface area contributed by atoms with Gasteiger partial charge in [0.15, 0.2) is 0 Å². The molecule has 0 spiro atoms. The maximum absolute atomic E-state index is 11.8. The van der Waals surface area contributed by atoms with Crippen LogP contribution in [0.15, 0.2) is 46.4 Å². The molecule has 1 aromatic carbocycles. The van der Waals surface area contributed by atoms with E-state index >= 15 is 0 Å². The fraction of sp³-hybridized carbons (Fsp3) is 0.263. The van der Waals surface area contributed by atoms with Gasteiger partial charge in [0.25, 0.3) is 0 Å². The second kappa shape index (κ2) is 8.00. The van der Waals surface area contributed by atoms with Crippen LogP contribution in [0.25, 0.3) is 17.4 Å². The maximum atomic E-state index is 11.8. The molecular weight excluding hydrogens is 290 g/mol. The van der Waals surface area contributed by atoms with E-state index in [1.165, 1.54) is 11.6 Å². The topological polar surface area (TPSA) is 63.2 Å². The van der Waals surface area contributed by atoms with Gasteiger partial charge < -0.3 is 9.15 Å². The number of aryl methyl sites for hydroxylation is 1. The molecule has 0 bridgehead atoms. The molecule has 2 rings (SSSR count). The van der Waals surface area contributed by atoms with Gasteiger partial charge in [0.05, 0.1) is 6.61 Å². The van der Waals surface area contributed by atoms with Crippen molar-refractivity contribution >= 4 is 12.0 Å². The Morgan fingerprint density at radius 1 is 1.26 bits per heavy atom. The Balaban J connectivity index is 2.13. The summed E-state index contributed by atoms with van der Waals surface area (Å²) in [5.74, 6) is 0.520. The number of unbranched alkanes of at least 4 members (excludes halogenated alkanes) is 1. The molecule has 4 nitrogen and oxygen atoms in total. The third-order valence-electron chi connectivity index (χ3n) is 3.32. The third-order valence-corrected chi connectivity index (χ3v) is 3.32. The molecule has 0 atom stereocenters. The van der Waals surface area contributed by atoms with Crippen molar-refractivity contribution in [1.82, 2.24) is 0 Å². The standard InChI is InChI=1S/C19H19NO3/c1-3-4-11-22-19(21)16(13-20)12-17-9-10-18(23-17)15-7-5-14(2)6-8-15/h5-10,12H,3-4,11H2,1-2H3/b16-12-. The minimum Gasteiger partial charge on any atom is -0.462 e. The number of ether oxygens (including phenoxy) is 1. The van der Waals surface area contributed by atoms with E-state index in [1.54, 1.807) is 6.07 Å². The average molecular weight is 309 g/mol. The third kappa shape index (κ3) is 4.58. The summed E-state index contributed by atoms with van der Waals surface area (Å²) < 4.78 is 10.7. The van der Waals surface area contributed by atoms with Crippen LogP contribution in [-0.4, -0.2) is 12.6 Å². The van der Waals surface area contributed by atoms with Crippen molar-refractivity contribution in [2.45, 2.75) is 26.7 Å². The molecule has 0 unspecified atom stereocenters. The fourth-order valence-electron chi connectivity index (χ4n) is 1.97. The number of furan rings is 1. The van der Waals surface area contributed by atoms with Crippen LogP contribution in [0.4, 0.5) is 0 Å². The SMILES string of the molecule is CCCCOC(=O)/C(C#N)=C\c1ccc(-c2ccc(C)cc2)o1. The van der Waals surface area contributed by atoms with Crippen LogP contribution in [0.3, 0.4) is 0 Å². The lowest BCUT2D eigenvalue weighted by Crippen LogP contribution is -2.07. The first-order valence-corrected chi connectivity index (χ1v) is 7.60. The van der Waals surface area contributed by atoms with Crippen LogP contribution in [0.5, 0.6) is 0 Å². The van der Waals surface area contributed by atoms with E-state index in [2.05, 4.69) is 0 Å². The van der Waals surface area contributed by atoms with E-state index in [1.807, 2.05) is 50.2 Å². The normalized spacial score (nSPS) is 11.1. The van der Waals surface area contributed by atoms with E-state index in [0.717, 1.165) is 18.4 Å². The minimum atomic E-state index is -0.616. The van der Waals surface area contributed by atoms with Gasteiger partial charge in [-0.2, -0.15) is 5.26 Å². The lowest BCUT2D eigenvalue weighted by molar-refractivity contribution is -0.138. The molecule has 1 heterocycles. The Bertz CT molecular complexity index is 733. The summed E-state index contributed by atoms with van der Waals surface area (Å²) in [6, 6.07) is 13.3. The molecular formula is C19H19NO3. The molecule has 1 aromatic heterocycles. The molecule has 2 aromatic rings. The van der Waals surface area contributed by atoms with Crippen LogP contribution in [0, 0.1) is 18.3 Å². The Labute approximate surface area is 136 Å². The summed E-state index contributed by atoms with van der Waals surface area (Å²) in [7, 11) is 0. The molecule has 118 valence electrons. The second-order valence-electron chi connectivity index (χ2n) is 5.23. The Morgan fingerprint density at radius 2 is 2.00 bits per heavy atom. The Morgan fingerprint density at radius 3 is 2.65 bits per heavy atom. The number of hydrogen-bond donors (Lipinski definition) is 0. The van der Waals surface area contributed by atoms with Gasteiger partial charge in [0, 0.05) is 11.6 Å². The molecule has 0 amide bonds. The van der Waals surface area contributed by atoms with Gasteiger partial charge in [-0.3, -0.25) is 0 Å². The van der Waals surface area contributed by atoms with Crippen LogP contribution >= 0.6 is 0 Å². The highest BCUT2D eigenvalue weighted by molar-refractivity contribution is 5.97. The van der Waals surface area contributed by atoms with Gasteiger partial charge in [0.1, 0.15) is 23.2 Å². The molecule has 0 N–H and O–H groups in total. The van der Waals surface area contributed by atoms with Gasteiger partial charge >= 0.3 is 5.97 Å². The Kier molecular flexibility index (Phi) is 5.76. The van der Waals surface area contributed by atoms with E-state index in [0.29, 0.717) is 18.1 Å². The summed E-state index contributed by atoms with van der Waals surface area (Å²) in [5.41, 5.74) is 2.05. The molecule has 0 aliphatic carbocycles. The maximum Gasteiger partial charge on any atom is 0.349 e. The highest BCUT2D eigenvalue weighted by Gasteiger charge is 2.12. The molecule has 0 aliphatic heterocycles. The van der Waals surface area contributed by atoms with Gasteiger partial charge in [-0.05, 0) is 25.5 Å². The predicted molar refractivity (Wildman–Crippen MR) is 88.3 cm³/mol. The van der Waals surface area contributed by atoms with Crippen LogP contribution in [0.2, 0.25) is 0 Å². The Hall–Kier alpha value is -2.80. The number of carbonyl (C=O) groups excluding carboxylic acids is 1. The number of carbonyl (C=O) groups is 1. The molecule has 0 saturated heterocycles. The first kappa shape index (κ1) is 16.6. The number of nitrogens with zero attached hydrogens (tertiary/aromatic N) is 1. The summed E-state index contributed by atoms with van der Waals surface area (Å²) in [5, 5.41) is 9.11. The van der Waals surface area contributed by atoms with Crippen molar-refractivity contribution in [3.63, 3.8) is 0 Å². The summed E-state index contributed by atoms with van der Waals surface area (Å²) in [4.78, 5) is 11.8. The largest absolute Gasteiger partial charge is 0.462 e. The summed E-state index contributed by atoms with van der Waals surface area (Å²) in [6.07, 6.45) is 3.12. The summed E-state index contributed by atoms with van der Waals surface area (Å²) >= 11 is 0. The number of hydrogen-bond acceptors (Lipinski definition) is 4. The number of rotatable bonds is 6. The molecule has 0 aliphatic rings. The zero-order valence-electron chi connectivity index (χ0n) is 13.3. The molecule has 0 radical (unpaired) electrons. The van der Waals surface area contributed by atoms with Crippen molar-refractivity contribution < 1.29 is 13.9 Å². The number of esters is 1. The quantitative estimate of drug-likeness (QED) is 0.341. The van der Waals surface area contributed by atoms with Crippen molar-refractivity contribution in [1.29, 1.82) is 5.26 Å². The monoisotopic (exact) mass is 309 g/mol. The van der Waals surface area contributed by atoms with E-state index < -0.39 is 5.97 Å². The predicted octanol–water partition coefficient (Wildman–Crippen LogP) is 4.51. The van der Waals surface area contributed by atoms with Crippen LogP contribution < -0.4 is 0 Å². The van der Waals surface area contributed by atoms with E-state index in [-0.39, 0.29) is 5.57 Å². The smallest absolute Gasteiger partial charge is 0.349 e. The van der Waals surface area contributed by atoms with Crippen molar-refractivity contribution in [3.05, 3.63) is 53.3 Å². The highest BCUT2D eigenvalue weighted by atomic mass is 16.5. The number of nitriles is 1. The zero-order valence-corrected chi connectivity index (χ0v) is 13.3. The minimum absolute atomic E-state index is 0.0640. The van der Waals surface area contributed by atoms with Crippen molar-refractivity contribution in [2.24, 2.45) is 0 Å². The van der Waals surface area contributed by atoms with Crippen molar-refractivity contribution in [2.75, 3.05) is 6.61 Å². The lowest BCUT2D eigenvalue weighted by atomic mass is 10.1. The first-order chi connectivity index (χ1) is 11.1. The molecule has 0 fully saturated rings. The second-order valence-corrected chi connectivity index (χ2v) is 5.23. The van der Waals surface area contributed by atoms with Gasteiger partial charge in [-0.1, -0.05) is 43.2 Å².